The first kappa shape index (κ1) is 15.9. The minimum atomic E-state index is 1.00. The van der Waals surface area contributed by atoms with Crippen LogP contribution in [-0.4, -0.2) is 9.78 Å². The highest BCUT2D eigenvalue weighted by atomic mass is 79.9. The molecule has 4 aromatic rings. The Bertz CT molecular complexity index is 988. The number of nitrogens with zero attached hydrogens (tertiary/aromatic N) is 2. The molecule has 0 fully saturated rings. The van der Waals surface area contributed by atoms with E-state index >= 15 is 0 Å². The van der Waals surface area contributed by atoms with Crippen molar-refractivity contribution in [1.29, 1.82) is 0 Å². The summed E-state index contributed by atoms with van der Waals surface area (Å²) in [4.78, 5) is 0. The van der Waals surface area contributed by atoms with Gasteiger partial charge in [0.1, 0.15) is 5.69 Å². The van der Waals surface area contributed by atoms with Crippen LogP contribution in [0.1, 0.15) is 5.69 Å². The Morgan fingerprint density at radius 1 is 0.720 bits per heavy atom. The lowest BCUT2D eigenvalue weighted by molar-refractivity contribution is 0.850. The summed E-state index contributed by atoms with van der Waals surface area (Å²) in [6, 6.07) is 29.1. The van der Waals surface area contributed by atoms with Gasteiger partial charge < -0.3 is 0 Å². The lowest BCUT2D eigenvalue weighted by atomic mass is 9.99. The first-order chi connectivity index (χ1) is 12.2. The lowest BCUT2D eigenvalue weighted by Crippen LogP contribution is -1.98. The fraction of sp³-hybridized carbons (Fsp3) is 0.0455. The monoisotopic (exact) mass is 388 g/mol. The highest BCUT2D eigenvalue weighted by molar-refractivity contribution is 9.10. The number of benzene rings is 3. The van der Waals surface area contributed by atoms with Gasteiger partial charge in [-0.25, -0.2) is 4.68 Å². The average Bonchev–Trinajstić information content (AvgIpc) is 3.01. The summed E-state index contributed by atoms with van der Waals surface area (Å²) in [6.07, 6.45) is 0. The van der Waals surface area contributed by atoms with E-state index in [4.69, 9.17) is 5.10 Å². The molecule has 3 aromatic carbocycles. The predicted molar refractivity (Wildman–Crippen MR) is 107 cm³/mol. The van der Waals surface area contributed by atoms with Crippen LogP contribution in [0.5, 0.6) is 0 Å². The number of aromatic nitrogens is 2. The SMILES string of the molecule is Cc1c(-c2ccccc2)c(-c2ccc(Br)cc2)nn1-c1ccccc1. The molecule has 0 aliphatic heterocycles. The van der Waals surface area contributed by atoms with Gasteiger partial charge in [-0.2, -0.15) is 5.10 Å². The van der Waals surface area contributed by atoms with E-state index in [0.29, 0.717) is 0 Å². The van der Waals surface area contributed by atoms with Gasteiger partial charge in [0, 0.05) is 21.3 Å². The van der Waals surface area contributed by atoms with Gasteiger partial charge in [-0.3, -0.25) is 0 Å². The van der Waals surface area contributed by atoms with Crippen molar-refractivity contribution in [2.75, 3.05) is 0 Å². The molecule has 0 unspecified atom stereocenters. The van der Waals surface area contributed by atoms with Gasteiger partial charge in [0.15, 0.2) is 0 Å². The van der Waals surface area contributed by atoms with E-state index in [9.17, 15) is 0 Å². The fourth-order valence-electron chi connectivity index (χ4n) is 3.08. The molecule has 0 saturated heterocycles. The van der Waals surface area contributed by atoms with E-state index in [2.05, 4.69) is 83.5 Å². The van der Waals surface area contributed by atoms with Gasteiger partial charge in [-0.15, -0.1) is 0 Å². The molecule has 3 heteroatoms. The van der Waals surface area contributed by atoms with Crippen molar-refractivity contribution < 1.29 is 0 Å². The maximum Gasteiger partial charge on any atom is 0.101 e. The maximum atomic E-state index is 4.96. The van der Waals surface area contributed by atoms with Crippen molar-refractivity contribution in [3.05, 3.63) is 95.1 Å². The third-order valence-corrected chi connectivity index (χ3v) is 4.83. The van der Waals surface area contributed by atoms with Crippen LogP contribution in [0.2, 0.25) is 0 Å². The first-order valence-corrected chi connectivity index (χ1v) is 9.00. The minimum absolute atomic E-state index is 1.00. The molecule has 1 heterocycles. The standard InChI is InChI=1S/C22H17BrN2/c1-16-21(17-8-4-2-5-9-17)22(18-12-14-19(23)15-13-18)24-25(16)20-10-6-3-7-11-20/h2-15H,1H3. The van der Waals surface area contributed by atoms with Crippen molar-refractivity contribution in [2.24, 2.45) is 0 Å². The zero-order valence-corrected chi connectivity index (χ0v) is 15.4. The Balaban J connectivity index is 1.97. The predicted octanol–water partition coefficient (Wildman–Crippen LogP) is 6.28. The Kier molecular flexibility index (Phi) is 4.24. The summed E-state index contributed by atoms with van der Waals surface area (Å²) in [7, 11) is 0. The van der Waals surface area contributed by atoms with E-state index in [-0.39, 0.29) is 0 Å². The van der Waals surface area contributed by atoms with E-state index in [0.717, 1.165) is 27.1 Å². The van der Waals surface area contributed by atoms with Gasteiger partial charge in [0.05, 0.1) is 5.69 Å². The molecule has 0 atom stereocenters. The zero-order chi connectivity index (χ0) is 17.2. The largest absolute Gasteiger partial charge is 0.237 e. The zero-order valence-electron chi connectivity index (χ0n) is 13.9. The Morgan fingerprint density at radius 3 is 1.96 bits per heavy atom. The fourth-order valence-corrected chi connectivity index (χ4v) is 3.35. The number of para-hydroxylation sites is 1. The summed E-state index contributed by atoms with van der Waals surface area (Å²) in [5.41, 5.74) is 6.67. The molecule has 0 radical (unpaired) electrons. The van der Waals surface area contributed by atoms with Gasteiger partial charge in [-0.05, 0) is 36.8 Å². The van der Waals surface area contributed by atoms with Crippen LogP contribution < -0.4 is 0 Å². The van der Waals surface area contributed by atoms with Gasteiger partial charge >= 0.3 is 0 Å². The van der Waals surface area contributed by atoms with Crippen LogP contribution in [0.3, 0.4) is 0 Å². The summed E-state index contributed by atoms with van der Waals surface area (Å²) in [5.74, 6) is 0. The van der Waals surface area contributed by atoms with Gasteiger partial charge in [-0.1, -0.05) is 76.6 Å². The Labute approximate surface area is 155 Å². The molecule has 0 saturated carbocycles. The van der Waals surface area contributed by atoms with Gasteiger partial charge in [0.25, 0.3) is 0 Å². The molecule has 122 valence electrons. The third-order valence-electron chi connectivity index (χ3n) is 4.30. The van der Waals surface area contributed by atoms with Crippen molar-refractivity contribution in [3.8, 4) is 28.1 Å². The summed E-state index contributed by atoms with van der Waals surface area (Å²) < 4.78 is 3.09. The highest BCUT2D eigenvalue weighted by Crippen LogP contribution is 2.35. The van der Waals surface area contributed by atoms with Crippen molar-refractivity contribution in [1.82, 2.24) is 9.78 Å². The molecule has 4 rings (SSSR count). The average molecular weight is 389 g/mol. The molecular formula is C22H17BrN2. The van der Waals surface area contributed by atoms with Crippen LogP contribution in [0.25, 0.3) is 28.1 Å². The third kappa shape index (κ3) is 3.03. The van der Waals surface area contributed by atoms with Crippen LogP contribution >= 0.6 is 15.9 Å². The molecule has 25 heavy (non-hydrogen) atoms. The molecule has 2 nitrogen and oxygen atoms in total. The Hall–Kier alpha value is -2.65. The van der Waals surface area contributed by atoms with Crippen molar-refractivity contribution in [3.63, 3.8) is 0 Å². The quantitative estimate of drug-likeness (QED) is 0.403. The second-order valence-electron chi connectivity index (χ2n) is 5.93. The van der Waals surface area contributed by atoms with Crippen molar-refractivity contribution in [2.45, 2.75) is 6.92 Å². The number of hydrogen-bond acceptors (Lipinski definition) is 1. The maximum absolute atomic E-state index is 4.96. The normalized spacial score (nSPS) is 10.8. The first-order valence-electron chi connectivity index (χ1n) is 8.20. The molecular weight excluding hydrogens is 372 g/mol. The van der Waals surface area contributed by atoms with Crippen LogP contribution in [-0.2, 0) is 0 Å². The second kappa shape index (κ2) is 6.69. The molecule has 0 aliphatic carbocycles. The van der Waals surface area contributed by atoms with Crippen LogP contribution in [0.4, 0.5) is 0 Å². The number of hydrogen-bond donors (Lipinski definition) is 0. The molecule has 0 bridgehead atoms. The molecule has 1 aromatic heterocycles. The molecule has 0 amide bonds. The van der Waals surface area contributed by atoms with E-state index in [1.54, 1.807) is 0 Å². The summed E-state index contributed by atoms with van der Waals surface area (Å²) >= 11 is 3.51. The van der Waals surface area contributed by atoms with Crippen LogP contribution in [0, 0.1) is 6.92 Å². The van der Waals surface area contributed by atoms with E-state index in [1.807, 2.05) is 28.9 Å². The molecule has 0 N–H and O–H groups in total. The van der Waals surface area contributed by atoms with E-state index in [1.165, 1.54) is 11.1 Å². The second-order valence-corrected chi connectivity index (χ2v) is 6.84. The van der Waals surface area contributed by atoms with Gasteiger partial charge in [0.2, 0.25) is 0 Å². The summed E-state index contributed by atoms with van der Waals surface area (Å²) in [6.45, 7) is 2.13. The van der Waals surface area contributed by atoms with Crippen LogP contribution in [0.15, 0.2) is 89.4 Å². The molecule has 0 spiro atoms. The number of halogens is 1. The lowest BCUT2D eigenvalue weighted by Gasteiger charge is -2.06. The van der Waals surface area contributed by atoms with Crippen molar-refractivity contribution >= 4 is 15.9 Å². The minimum Gasteiger partial charge on any atom is -0.237 e. The molecule has 0 aliphatic rings. The highest BCUT2D eigenvalue weighted by Gasteiger charge is 2.18. The topological polar surface area (TPSA) is 17.8 Å². The Morgan fingerprint density at radius 2 is 1.32 bits per heavy atom. The van der Waals surface area contributed by atoms with E-state index < -0.39 is 0 Å². The smallest absolute Gasteiger partial charge is 0.101 e. The summed E-state index contributed by atoms with van der Waals surface area (Å²) in [5, 5.41) is 4.96. The number of rotatable bonds is 3.